The Morgan fingerprint density at radius 3 is 2.56 bits per heavy atom. The van der Waals surface area contributed by atoms with Gasteiger partial charge in [0.05, 0.1) is 0 Å². The maximum absolute atomic E-state index is 9.87. The highest BCUT2D eigenvalue weighted by molar-refractivity contribution is 5.86. The zero-order valence-corrected chi connectivity index (χ0v) is 5.05. The lowest BCUT2D eigenvalue weighted by atomic mass is 9.86. The highest BCUT2D eigenvalue weighted by atomic mass is 16.4. The molecule has 48 valence electrons. The molecule has 2 nitrogen and oxygen atoms in total. The summed E-state index contributed by atoms with van der Waals surface area (Å²) in [6, 6.07) is 0. The van der Waals surface area contributed by atoms with E-state index in [-0.39, 0.29) is 0 Å². The summed E-state index contributed by atoms with van der Waals surface area (Å²) in [5.74, 6) is 4.15. The number of hydrogen-bond acceptors (Lipinski definition) is 1. The monoisotopic (exact) mass is 124 g/mol. The normalized spacial score (nSPS) is 17.3. The van der Waals surface area contributed by atoms with Gasteiger partial charge in [-0.3, -0.25) is 0 Å². The van der Waals surface area contributed by atoms with Gasteiger partial charge in [0.1, 0.15) is 0 Å². The standard InChI is InChI=1S/C7H8O2/c8-7(9)5-4-6-2-1-3-6/h6H,1-3H2,(H,8,9). The summed E-state index contributed by atoms with van der Waals surface area (Å²) in [6.45, 7) is 0. The van der Waals surface area contributed by atoms with Gasteiger partial charge in [0.15, 0.2) is 0 Å². The van der Waals surface area contributed by atoms with Crippen LogP contribution in [0.1, 0.15) is 19.3 Å². The van der Waals surface area contributed by atoms with Crippen LogP contribution in [0.4, 0.5) is 0 Å². The van der Waals surface area contributed by atoms with Crippen LogP contribution in [0.15, 0.2) is 0 Å². The van der Waals surface area contributed by atoms with Crippen LogP contribution in [0.25, 0.3) is 0 Å². The molecule has 0 aliphatic heterocycles. The van der Waals surface area contributed by atoms with Crippen molar-refractivity contribution < 1.29 is 9.90 Å². The highest BCUT2D eigenvalue weighted by Gasteiger charge is 2.13. The molecule has 1 fully saturated rings. The fraction of sp³-hybridized carbons (Fsp3) is 0.571. The van der Waals surface area contributed by atoms with Gasteiger partial charge < -0.3 is 5.11 Å². The van der Waals surface area contributed by atoms with Crippen LogP contribution >= 0.6 is 0 Å². The Balaban J connectivity index is 2.31. The van der Waals surface area contributed by atoms with Crippen molar-refractivity contribution in [2.24, 2.45) is 5.92 Å². The predicted molar refractivity (Wildman–Crippen MR) is 32.8 cm³/mol. The van der Waals surface area contributed by atoms with Crippen molar-refractivity contribution in [2.75, 3.05) is 0 Å². The molecule has 0 aromatic heterocycles. The van der Waals surface area contributed by atoms with E-state index in [4.69, 9.17) is 5.11 Å². The van der Waals surface area contributed by atoms with Crippen molar-refractivity contribution in [1.29, 1.82) is 0 Å². The fourth-order valence-corrected chi connectivity index (χ4v) is 0.716. The molecule has 1 aliphatic rings. The van der Waals surface area contributed by atoms with Crippen molar-refractivity contribution >= 4 is 5.97 Å². The maximum atomic E-state index is 9.87. The van der Waals surface area contributed by atoms with Crippen LogP contribution < -0.4 is 0 Å². The lowest BCUT2D eigenvalue weighted by molar-refractivity contribution is -0.130. The van der Waals surface area contributed by atoms with E-state index in [0.29, 0.717) is 5.92 Å². The summed E-state index contributed by atoms with van der Waals surface area (Å²) in [4.78, 5) is 9.87. The number of hydrogen-bond donors (Lipinski definition) is 1. The van der Waals surface area contributed by atoms with Crippen molar-refractivity contribution in [1.82, 2.24) is 0 Å². The van der Waals surface area contributed by atoms with Crippen molar-refractivity contribution in [2.45, 2.75) is 19.3 Å². The van der Waals surface area contributed by atoms with E-state index in [0.717, 1.165) is 12.8 Å². The number of aliphatic carboxylic acids is 1. The number of carbonyl (C=O) groups is 1. The van der Waals surface area contributed by atoms with Gasteiger partial charge in [-0.2, -0.15) is 0 Å². The molecule has 9 heavy (non-hydrogen) atoms. The molecule has 0 radical (unpaired) electrons. The lowest BCUT2D eigenvalue weighted by Gasteiger charge is -2.18. The average Bonchev–Trinajstić information content (AvgIpc) is 1.60. The summed E-state index contributed by atoms with van der Waals surface area (Å²) < 4.78 is 0. The molecular formula is C7H8O2. The van der Waals surface area contributed by atoms with Gasteiger partial charge in [-0.15, -0.1) is 0 Å². The average molecular weight is 124 g/mol. The Hall–Kier alpha value is -0.970. The van der Waals surface area contributed by atoms with Crippen LogP contribution in [-0.2, 0) is 4.79 Å². The third-order valence-corrected chi connectivity index (χ3v) is 1.49. The van der Waals surface area contributed by atoms with Crippen LogP contribution in [0, 0.1) is 17.8 Å². The van der Waals surface area contributed by atoms with Crippen LogP contribution in [0.5, 0.6) is 0 Å². The molecule has 0 unspecified atom stereocenters. The van der Waals surface area contributed by atoms with Gasteiger partial charge in [0, 0.05) is 11.8 Å². The predicted octanol–water partition coefficient (Wildman–Crippen LogP) is 0.875. The second-order valence-electron chi connectivity index (χ2n) is 2.20. The number of carboxylic acid groups (broad SMARTS) is 1. The summed E-state index contributed by atoms with van der Waals surface area (Å²) in [6.07, 6.45) is 3.37. The van der Waals surface area contributed by atoms with Crippen molar-refractivity contribution in [3.8, 4) is 11.8 Å². The molecule has 0 heterocycles. The van der Waals surface area contributed by atoms with Crippen LogP contribution in [0.2, 0.25) is 0 Å². The van der Waals surface area contributed by atoms with Crippen molar-refractivity contribution in [3.63, 3.8) is 0 Å². The molecule has 1 N–H and O–H groups in total. The zero-order valence-electron chi connectivity index (χ0n) is 5.05. The molecule has 0 saturated heterocycles. The molecule has 0 amide bonds. The molecule has 0 atom stereocenters. The fourth-order valence-electron chi connectivity index (χ4n) is 0.716. The van der Waals surface area contributed by atoms with E-state index in [2.05, 4.69) is 11.8 Å². The van der Waals surface area contributed by atoms with Gasteiger partial charge in [-0.1, -0.05) is 12.3 Å². The highest BCUT2D eigenvalue weighted by Crippen LogP contribution is 2.24. The third-order valence-electron chi connectivity index (χ3n) is 1.49. The molecule has 1 saturated carbocycles. The maximum Gasteiger partial charge on any atom is 0.381 e. The summed E-state index contributed by atoms with van der Waals surface area (Å²) in [5, 5.41) is 8.11. The minimum atomic E-state index is -1.01. The van der Waals surface area contributed by atoms with E-state index in [1.807, 2.05) is 0 Å². The van der Waals surface area contributed by atoms with Crippen LogP contribution in [0.3, 0.4) is 0 Å². The Morgan fingerprint density at radius 1 is 1.56 bits per heavy atom. The third kappa shape index (κ3) is 1.77. The molecule has 0 aromatic carbocycles. The minimum absolute atomic E-state index is 0.376. The first-order valence-corrected chi connectivity index (χ1v) is 3.03. The molecule has 1 rings (SSSR count). The van der Waals surface area contributed by atoms with Gasteiger partial charge >= 0.3 is 5.97 Å². The SMILES string of the molecule is O=C(O)C#CC1CCC1. The Kier molecular flexibility index (Phi) is 1.74. The van der Waals surface area contributed by atoms with Crippen LogP contribution in [-0.4, -0.2) is 11.1 Å². The van der Waals surface area contributed by atoms with Gasteiger partial charge in [0.2, 0.25) is 0 Å². The zero-order chi connectivity index (χ0) is 6.69. The summed E-state index contributed by atoms with van der Waals surface area (Å²) in [7, 11) is 0. The Morgan fingerprint density at radius 2 is 2.22 bits per heavy atom. The molecule has 0 spiro atoms. The van der Waals surface area contributed by atoms with E-state index in [1.165, 1.54) is 6.42 Å². The number of carboxylic acids is 1. The van der Waals surface area contributed by atoms with Crippen molar-refractivity contribution in [3.05, 3.63) is 0 Å². The summed E-state index contributed by atoms with van der Waals surface area (Å²) in [5.41, 5.74) is 0. The van der Waals surface area contributed by atoms with E-state index >= 15 is 0 Å². The first kappa shape index (κ1) is 6.15. The van der Waals surface area contributed by atoms with E-state index in [9.17, 15) is 4.79 Å². The molecular weight excluding hydrogens is 116 g/mol. The van der Waals surface area contributed by atoms with E-state index < -0.39 is 5.97 Å². The number of rotatable bonds is 0. The van der Waals surface area contributed by atoms with Gasteiger partial charge in [-0.05, 0) is 12.8 Å². The second-order valence-corrected chi connectivity index (χ2v) is 2.20. The topological polar surface area (TPSA) is 37.3 Å². The largest absolute Gasteiger partial charge is 0.472 e. The Bertz CT molecular complexity index is 169. The molecule has 1 aliphatic carbocycles. The van der Waals surface area contributed by atoms with Gasteiger partial charge in [0.25, 0.3) is 0 Å². The summed E-state index contributed by atoms with van der Waals surface area (Å²) >= 11 is 0. The second kappa shape index (κ2) is 2.54. The van der Waals surface area contributed by atoms with E-state index in [1.54, 1.807) is 0 Å². The smallest absolute Gasteiger partial charge is 0.381 e. The molecule has 0 bridgehead atoms. The Labute approximate surface area is 53.9 Å². The molecule has 2 heteroatoms. The first-order chi connectivity index (χ1) is 4.29. The first-order valence-electron chi connectivity index (χ1n) is 3.03. The minimum Gasteiger partial charge on any atom is -0.472 e. The van der Waals surface area contributed by atoms with Gasteiger partial charge in [-0.25, -0.2) is 4.79 Å². The quantitative estimate of drug-likeness (QED) is 0.486. The molecule has 0 aromatic rings. The lowest BCUT2D eigenvalue weighted by Crippen LogP contribution is -2.08.